The Bertz CT molecular complexity index is 740. The van der Waals surface area contributed by atoms with E-state index in [-0.39, 0.29) is 5.91 Å². The molecule has 8 nitrogen and oxygen atoms in total. The molecule has 0 saturated carbocycles. The molecular formula is C14H15N5O3. The number of urea groups is 1. The predicted octanol–water partition coefficient (Wildman–Crippen LogP) is 1.06. The van der Waals surface area contributed by atoms with Crippen molar-refractivity contribution < 1.29 is 14.3 Å². The van der Waals surface area contributed by atoms with Gasteiger partial charge >= 0.3 is 6.03 Å². The number of ether oxygens (including phenoxy) is 1. The fourth-order valence-electron chi connectivity index (χ4n) is 2.40. The van der Waals surface area contributed by atoms with Gasteiger partial charge in [-0.05, 0) is 12.1 Å². The largest absolute Gasteiger partial charge is 0.496 e. The molecule has 1 aliphatic heterocycles. The lowest BCUT2D eigenvalue weighted by molar-refractivity contribution is 0.102. The van der Waals surface area contributed by atoms with E-state index in [4.69, 9.17) is 10.5 Å². The average molecular weight is 301 g/mol. The first-order chi connectivity index (χ1) is 10.6. The summed E-state index contributed by atoms with van der Waals surface area (Å²) in [5, 5.41) is 9.63. The van der Waals surface area contributed by atoms with Gasteiger partial charge in [0.2, 0.25) is 0 Å². The normalized spacial score (nSPS) is 12.9. The number of carbonyl (C=O) groups excluding carboxylic acids is 2. The molecular weight excluding hydrogens is 286 g/mol. The third kappa shape index (κ3) is 2.34. The minimum absolute atomic E-state index is 0.318. The van der Waals surface area contributed by atoms with E-state index in [1.807, 2.05) is 0 Å². The molecule has 0 aliphatic carbocycles. The van der Waals surface area contributed by atoms with Crippen molar-refractivity contribution in [1.29, 1.82) is 0 Å². The molecule has 0 saturated heterocycles. The fraction of sp³-hybridized carbons (Fsp3) is 0.214. The number of anilines is 1. The zero-order valence-corrected chi connectivity index (χ0v) is 11.9. The summed E-state index contributed by atoms with van der Waals surface area (Å²) in [4.78, 5) is 25.0. The van der Waals surface area contributed by atoms with Crippen LogP contribution in [0.3, 0.4) is 0 Å². The maximum atomic E-state index is 12.4. The van der Waals surface area contributed by atoms with E-state index in [9.17, 15) is 9.59 Å². The molecule has 0 atom stereocenters. The second kappa shape index (κ2) is 5.40. The van der Waals surface area contributed by atoms with Crippen LogP contribution >= 0.6 is 0 Å². The highest BCUT2D eigenvalue weighted by atomic mass is 16.5. The maximum absolute atomic E-state index is 12.4. The number of aromatic amines is 1. The monoisotopic (exact) mass is 301 g/mol. The number of fused-ring (bicyclic) bond motifs is 1. The van der Waals surface area contributed by atoms with Crippen LogP contribution in [0.15, 0.2) is 24.3 Å². The van der Waals surface area contributed by atoms with Crippen LogP contribution in [-0.4, -0.2) is 34.1 Å². The number of methoxy groups -OCH3 is 1. The van der Waals surface area contributed by atoms with Gasteiger partial charge in [0.15, 0.2) is 0 Å². The van der Waals surface area contributed by atoms with Crippen molar-refractivity contribution in [3.63, 3.8) is 0 Å². The number of nitrogens with one attached hydrogen (secondary N) is 2. The third-order valence-corrected chi connectivity index (χ3v) is 3.54. The van der Waals surface area contributed by atoms with Crippen molar-refractivity contribution in [2.45, 2.75) is 13.1 Å². The zero-order valence-electron chi connectivity index (χ0n) is 11.9. The van der Waals surface area contributed by atoms with Crippen LogP contribution in [0.2, 0.25) is 0 Å². The molecule has 1 aromatic carbocycles. The molecule has 0 radical (unpaired) electrons. The van der Waals surface area contributed by atoms with E-state index in [1.54, 1.807) is 24.3 Å². The van der Waals surface area contributed by atoms with Crippen molar-refractivity contribution in [2.24, 2.45) is 5.73 Å². The smallest absolute Gasteiger partial charge is 0.315 e. The number of amides is 3. The van der Waals surface area contributed by atoms with E-state index in [2.05, 4.69) is 15.5 Å². The second-order valence-electron chi connectivity index (χ2n) is 4.87. The van der Waals surface area contributed by atoms with E-state index >= 15 is 0 Å². The van der Waals surface area contributed by atoms with Gasteiger partial charge in [-0.1, -0.05) is 12.1 Å². The summed E-state index contributed by atoms with van der Waals surface area (Å²) in [5.41, 5.74) is 7.15. The van der Waals surface area contributed by atoms with Gasteiger partial charge in [-0.3, -0.25) is 9.89 Å². The lowest BCUT2D eigenvalue weighted by atomic mass is 10.2. The van der Waals surface area contributed by atoms with Gasteiger partial charge in [0, 0.05) is 5.56 Å². The molecule has 114 valence electrons. The summed E-state index contributed by atoms with van der Waals surface area (Å²) in [6.45, 7) is 0.661. The van der Waals surface area contributed by atoms with E-state index in [1.165, 1.54) is 12.0 Å². The first-order valence-electron chi connectivity index (χ1n) is 6.65. The van der Waals surface area contributed by atoms with Crippen molar-refractivity contribution in [1.82, 2.24) is 15.1 Å². The van der Waals surface area contributed by atoms with Gasteiger partial charge in [-0.15, -0.1) is 0 Å². The van der Waals surface area contributed by atoms with Gasteiger partial charge in [0.05, 0.1) is 31.5 Å². The number of carbonyl (C=O) groups is 2. The topological polar surface area (TPSA) is 113 Å². The Hall–Kier alpha value is -3.03. The number of hydrogen-bond acceptors (Lipinski definition) is 4. The van der Waals surface area contributed by atoms with E-state index < -0.39 is 6.03 Å². The van der Waals surface area contributed by atoms with E-state index in [0.29, 0.717) is 35.9 Å². The summed E-state index contributed by atoms with van der Waals surface area (Å²) < 4.78 is 5.17. The number of para-hydroxylation sites is 1. The number of primary amides is 1. The number of hydrogen-bond donors (Lipinski definition) is 3. The first kappa shape index (κ1) is 13.9. The Labute approximate surface area is 126 Å². The van der Waals surface area contributed by atoms with Gasteiger partial charge < -0.3 is 20.7 Å². The zero-order chi connectivity index (χ0) is 15.7. The summed E-state index contributed by atoms with van der Waals surface area (Å²) >= 11 is 0. The van der Waals surface area contributed by atoms with E-state index in [0.717, 1.165) is 5.56 Å². The standard InChI is InChI=1S/C14H15N5O3/c1-22-11-5-3-2-4-8(11)13(20)16-12-9-6-19(14(15)21)7-10(9)17-18-12/h2-5H,6-7H2,1H3,(H2,15,21)(H2,16,17,18,20). The number of benzene rings is 1. The van der Waals surface area contributed by atoms with Crippen LogP contribution < -0.4 is 15.8 Å². The molecule has 2 heterocycles. The maximum Gasteiger partial charge on any atom is 0.315 e. The molecule has 0 bridgehead atoms. The van der Waals surface area contributed by atoms with Crippen LogP contribution in [0.5, 0.6) is 5.75 Å². The van der Waals surface area contributed by atoms with Gasteiger partial charge in [-0.2, -0.15) is 5.10 Å². The minimum atomic E-state index is -0.514. The summed E-state index contributed by atoms with van der Waals surface area (Å²) in [6.07, 6.45) is 0. The van der Waals surface area contributed by atoms with Crippen molar-refractivity contribution in [3.05, 3.63) is 41.1 Å². The SMILES string of the molecule is COc1ccccc1C(=O)Nc1[nH]nc2c1CN(C(N)=O)C2. The summed E-state index contributed by atoms with van der Waals surface area (Å²) in [6, 6.07) is 6.40. The highest BCUT2D eigenvalue weighted by Gasteiger charge is 2.28. The van der Waals surface area contributed by atoms with Gasteiger partial charge in [0.25, 0.3) is 5.91 Å². The molecule has 2 aromatic rings. The number of H-pyrrole nitrogens is 1. The van der Waals surface area contributed by atoms with Crippen molar-refractivity contribution >= 4 is 17.8 Å². The van der Waals surface area contributed by atoms with Crippen LogP contribution in [0.1, 0.15) is 21.6 Å². The lowest BCUT2D eigenvalue weighted by Gasteiger charge is -2.12. The lowest BCUT2D eigenvalue weighted by Crippen LogP contribution is -2.31. The summed E-state index contributed by atoms with van der Waals surface area (Å²) in [7, 11) is 1.50. The second-order valence-corrected chi connectivity index (χ2v) is 4.87. The predicted molar refractivity (Wildman–Crippen MR) is 78.4 cm³/mol. The molecule has 22 heavy (non-hydrogen) atoms. The first-order valence-corrected chi connectivity index (χ1v) is 6.65. The molecule has 0 spiro atoms. The third-order valence-electron chi connectivity index (χ3n) is 3.54. The summed E-state index contributed by atoms with van der Waals surface area (Å²) in [5.74, 6) is 0.631. The van der Waals surface area contributed by atoms with Crippen LogP contribution in [0.25, 0.3) is 0 Å². The quantitative estimate of drug-likeness (QED) is 0.786. The Morgan fingerprint density at radius 2 is 2.14 bits per heavy atom. The number of aromatic nitrogens is 2. The Morgan fingerprint density at radius 1 is 1.36 bits per heavy atom. The molecule has 0 fully saturated rings. The Morgan fingerprint density at radius 3 is 2.86 bits per heavy atom. The molecule has 1 aromatic heterocycles. The molecule has 3 rings (SSSR count). The highest BCUT2D eigenvalue weighted by molar-refractivity contribution is 6.06. The average Bonchev–Trinajstić information content (AvgIpc) is 3.09. The molecule has 1 aliphatic rings. The van der Waals surface area contributed by atoms with Crippen molar-refractivity contribution in [2.75, 3.05) is 12.4 Å². The molecule has 8 heteroatoms. The van der Waals surface area contributed by atoms with Crippen molar-refractivity contribution in [3.8, 4) is 5.75 Å². The molecule has 0 unspecified atom stereocenters. The number of nitrogens with zero attached hydrogens (tertiary/aromatic N) is 2. The van der Waals surface area contributed by atoms with Crippen LogP contribution in [0.4, 0.5) is 10.6 Å². The minimum Gasteiger partial charge on any atom is -0.496 e. The highest BCUT2D eigenvalue weighted by Crippen LogP contribution is 2.27. The number of rotatable bonds is 3. The molecule has 3 amide bonds. The van der Waals surface area contributed by atoms with Gasteiger partial charge in [0.1, 0.15) is 11.6 Å². The fourth-order valence-corrected chi connectivity index (χ4v) is 2.40. The van der Waals surface area contributed by atoms with Gasteiger partial charge in [-0.25, -0.2) is 4.79 Å². The van der Waals surface area contributed by atoms with Crippen LogP contribution in [-0.2, 0) is 13.1 Å². The Kier molecular flexibility index (Phi) is 3.42. The Balaban J connectivity index is 1.81. The number of nitrogens with two attached hydrogens (primary N) is 1. The van der Waals surface area contributed by atoms with Crippen LogP contribution in [0, 0.1) is 0 Å². The molecule has 4 N–H and O–H groups in total.